The van der Waals surface area contributed by atoms with Gasteiger partial charge in [0.1, 0.15) is 6.42 Å². The molecule has 1 aromatic rings. The monoisotopic (exact) mass is 222 g/mol. The van der Waals surface area contributed by atoms with Crippen LogP contribution >= 0.6 is 11.6 Å². The maximum Gasteiger partial charge on any atom is 0.238 e. The molecule has 0 aromatic heterocycles. The molecule has 1 amide bonds. The second-order valence-electron chi connectivity index (χ2n) is 3.25. The number of nitriles is 1. The van der Waals surface area contributed by atoms with E-state index in [-0.39, 0.29) is 12.3 Å². The minimum absolute atomic E-state index is 0.148. The van der Waals surface area contributed by atoms with E-state index in [1.807, 2.05) is 19.9 Å². The Morgan fingerprint density at radius 2 is 2.20 bits per heavy atom. The first-order chi connectivity index (χ1) is 7.06. The minimum atomic E-state index is -0.319. The molecule has 3 nitrogen and oxygen atoms in total. The molecule has 0 bridgehead atoms. The molecule has 0 aliphatic rings. The summed E-state index contributed by atoms with van der Waals surface area (Å²) in [4.78, 5) is 11.2. The summed E-state index contributed by atoms with van der Waals surface area (Å²) in [5, 5.41) is 11.6. The van der Waals surface area contributed by atoms with Gasteiger partial charge in [-0.05, 0) is 31.0 Å². The average Bonchev–Trinajstić information content (AvgIpc) is 2.20. The van der Waals surface area contributed by atoms with Crippen molar-refractivity contribution in [3.63, 3.8) is 0 Å². The number of amides is 1. The second-order valence-corrected chi connectivity index (χ2v) is 3.63. The molecule has 0 unspecified atom stereocenters. The number of rotatable bonds is 2. The van der Waals surface area contributed by atoms with Crippen LogP contribution in [-0.2, 0) is 4.79 Å². The third kappa shape index (κ3) is 2.71. The number of carbonyl (C=O) groups excluding carboxylic acids is 1. The number of anilines is 1. The molecule has 0 aliphatic carbocycles. The molecule has 4 heteroatoms. The van der Waals surface area contributed by atoms with Gasteiger partial charge in [-0.15, -0.1) is 0 Å². The maximum absolute atomic E-state index is 11.2. The molecule has 0 radical (unpaired) electrons. The Hall–Kier alpha value is -1.53. The van der Waals surface area contributed by atoms with Gasteiger partial charge in [0.15, 0.2) is 0 Å². The summed E-state index contributed by atoms with van der Waals surface area (Å²) in [6, 6.07) is 5.40. The fourth-order valence-corrected chi connectivity index (χ4v) is 1.39. The van der Waals surface area contributed by atoms with Gasteiger partial charge in [-0.1, -0.05) is 17.7 Å². The quantitative estimate of drug-likeness (QED) is 0.837. The first-order valence-electron chi connectivity index (χ1n) is 4.48. The summed E-state index contributed by atoms with van der Waals surface area (Å²) in [7, 11) is 0. The molecule has 1 N–H and O–H groups in total. The number of nitrogens with zero attached hydrogens (tertiary/aromatic N) is 1. The van der Waals surface area contributed by atoms with Crippen molar-refractivity contribution in [1.29, 1.82) is 5.26 Å². The van der Waals surface area contributed by atoms with Gasteiger partial charge in [0.05, 0.1) is 6.07 Å². The number of nitrogens with one attached hydrogen (secondary N) is 1. The molecule has 0 saturated carbocycles. The number of carbonyl (C=O) groups is 1. The fraction of sp³-hybridized carbons (Fsp3) is 0.273. The molecule has 78 valence electrons. The van der Waals surface area contributed by atoms with Crippen molar-refractivity contribution in [2.24, 2.45) is 0 Å². The van der Waals surface area contributed by atoms with Crippen LogP contribution in [0.25, 0.3) is 0 Å². The van der Waals surface area contributed by atoms with Gasteiger partial charge in [-0.25, -0.2) is 0 Å². The van der Waals surface area contributed by atoms with Crippen LogP contribution in [0.1, 0.15) is 17.5 Å². The fourth-order valence-electron chi connectivity index (χ4n) is 1.22. The number of hydrogen-bond acceptors (Lipinski definition) is 2. The Kier molecular flexibility index (Phi) is 3.70. The number of halogens is 1. The van der Waals surface area contributed by atoms with Crippen molar-refractivity contribution in [3.05, 3.63) is 28.3 Å². The lowest BCUT2D eigenvalue weighted by atomic mass is 10.1. The molecule has 0 spiro atoms. The van der Waals surface area contributed by atoms with Crippen LogP contribution in [0.3, 0.4) is 0 Å². The van der Waals surface area contributed by atoms with E-state index in [1.165, 1.54) is 0 Å². The molecule has 15 heavy (non-hydrogen) atoms. The van der Waals surface area contributed by atoms with Crippen LogP contribution in [0.4, 0.5) is 5.69 Å². The van der Waals surface area contributed by atoms with Gasteiger partial charge in [-0.2, -0.15) is 5.26 Å². The normalized spacial score (nSPS) is 9.47. The highest BCUT2D eigenvalue weighted by Gasteiger charge is 2.07. The van der Waals surface area contributed by atoms with Crippen molar-refractivity contribution < 1.29 is 4.79 Å². The Morgan fingerprint density at radius 1 is 1.53 bits per heavy atom. The van der Waals surface area contributed by atoms with E-state index < -0.39 is 0 Å². The van der Waals surface area contributed by atoms with Crippen LogP contribution in [0.5, 0.6) is 0 Å². The largest absolute Gasteiger partial charge is 0.325 e. The zero-order chi connectivity index (χ0) is 11.4. The zero-order valence-corrected chi connectivity index (χ0v) is 9.35. The SMILES string of the molecule is Cc1ccc(NC(=O)CC#N)c(C)c1Cl. The van der Waals surface area contributed by atoms with Crippen molar-refractivity contribution in [2.75, 3.05) is 5.32 Å². The third-order valence-corrected chi connectivity index (χ3v) is 2.67. The van der Waals surface area contributed by atoms with E-state index >= 15 is 0 Å². The van der Waals surface area contributed by atoms with Crippen molar-refractivity contribution in [2.45, 2.75) is 20.3 Å². The Labute approximate surface area is 93.7 Å². The van der Waals surface area contributed by atoms with E-state index in [4.69, 9.17) is 16.9 Å². The van der Waals surface area contributed by atoms with Gasteiger partial charge < -0.3 is 5.32 Å². The number of benzene rings is 1. The topological polar surface area (TPSA) is 52.9 Å². The van der Waals surface area contributed by atoms with Crippen molar-refractivity contribution in [1.82, 2.24) is 0 Å². The smallest absolute Gasteiger partial charge is 0.238 e. The number of hydrogen-bond donors (Lipinski definition) is 1. The summed E-state index contributed by atoms with van der Waals surface area (Å²) in [6.45, 7) is 3.73. The van der Waals surface area contributed by atoms with E-state index in [0.29, 0.717) is 10.7 Å². The van der Waals surface area contributed by atoms with Crippen LogP contribution in [-0.4, -0.2) is 5.91 Å². The first kappa shape index (κ1) is 11.5. The highest BCUT2D eigenvalue weighted by atomic mass is 35.5. The highest BCUT2D eigenvalue weighted by molar-refractivity contribution is 6.32. The molecule has 0 aliphatic heterocycles. The van der Waals surface area contributed by atoms with E-state index in [9.17, 15) is 4.79 Å². The predicted octanol–water partition coefficient (Wildman–Crippen LogP) is 2.81. The summed E-state index contributed by atoms with van der Waals surface area (Å²) in [5.74, 6) is -0.319. The molecule has 0 saturated heterocycles. The zero-order valence-electron chi connectivity index (χ0n) is 8.60. The third-order valence-electron chi connectivity index (χ3n) is 2.09. The summed E-state index contributed by atoms with van der Waals surface area (Å²) in [5.41, 5.74) is 2.45. The highest BCUT2D eigenvalue weighted by Crippen LogP contribution is 2.26. The van der Waals surface area contributed by atoms with E-state index in [1.54, 1.807) is 12.1 Å². The Morgan fingerprint density at radius 3 is 2.80 bits per heavy atom. The van der Waals surface area contributed by atoms with Crippen molar-refractivity contribution in [3.8, 4) is 6.07 Å². The number of aryl methyl sites for hydroxylation is 1. The first-order valence-corrected chi connectivity index (χ1v) is 4.86. The molecule has 1 aromatic carbocycles. The molecule has 0 atom stereocenters. The second kappa shape index (κ2) is 4.81. The van der Waals surface area contributed by atoms with Gasteiger partial charge in [-0.3, -0.25) is 4.79 Å². The lowest BCUT2D eigenvalue weighted by Gasteiger charge is -2.09. The maximum atomic E-state index is 11.2. The molecular formula is C11H11ClN2O. The van der Waals surface area contributed by atoms with Crippen LogP contribution in [0.2, 0.25) is 5.02 Å². The van der Waals surface area contributed by atoms with E-state index in [2.05, 4.69) is 5.32 Å². The molecule has 1 rings (SSSR count). The van der Waals surface area contributed by atoms with Gasteiger partial charge in [0.25, 0.3) is 0 Å². The molecule has 0 fully saturated rings. The molecule has 0 heterocycles. The summed E-state index contributed by atoms with van der Waals surface area (Å²) >= 11 is 6.03. The average molecular weight is 223 g/mol. The van der Waals surface area contributed by atoms with Gasteiger partial charge in [0, 0.05) is 10.7 Å². The lowest BCUT2D eigenvalue weighted by Crippen LogP contribution is -2.11. The van der Waals surface area contributed by atoms with Gasteiger partial charge >= 0.3 is 0 Å². The van der Waals surface area contributed by atoms with Gasteiger partial charge in [0.2, 0.25) is 5.91 Å². The standard InChI is InChI=1S/C11H11ClN2O/c1-7-3-4-9(8(2)11(7)12)14-10(15)5-6-13/h3-4H,5H2,1-2H3,(H,14,15). The van der Waals surface area contributed by atoms with Crippen LogP contribution < -0.4 is 5.32 Å². The molecular weight excluding hydrogens is 212 g/mol. The Balaban J connectivity index is 2.93. The van der Waals surface area contributed by atoms with Crippen LogP contribution in [0.15, 0.2) is 12.1 Å². The van der Waals surface area contributed by atoms with Crippen molar-refractivity contribution >= 4 is 23.2 Å². The van der Waals surface area contributed by atoms with Crippen LogP contribution in [0, 0.1) is 25.2 Å². The van der Waals surface area contributed by atoms with E-state index in [0.717, 1.165) is 11.1 Å². The lowest BCUT2D eigenvalue weighted by molar-refractivity contribution is -0.115. The Bertz CT molecular complexity index is 435. The summed E-state index contributed by atoms with van der Waals surface area (Å²) in [6.07, 6.45) is -0.148. The predicted molar refractivity (Wildman–Crippen MR) is 59.8 cm³/mol. The summed E-state index contributed by atoms with van der Waals surface area (Å²) < 4.78 is 0. The minimum Gasteiger partial charge on any atom is -0.325 e.